The number of hydrogen-bond acceptors (Lipinski definition) is 3. The largest absolute Gasteiger partial charge is 0.374 e. The lowest BCUT2D eigenvalue weighted by molar-refractivity contribution is -0.120. The molecule has 7 heteroatoms. The lowest BCUT2D eigenvalue weighted by Gasteiger charge is -2.15. The Kier molecular flexibility index (Phi) is 5.75. The van der Waals surface area contributed by atoms with Gasteiger partial charge in [0, 0.05) is 12.2 Å². The smallest absolute Gasteiger partial charge is 0.321 e. The number of hydrogen-bond donors (Lipinski definition) is 3. The van der Waals surface area contributed by atoms with Crippen LogP contribution in [0.2, 0.25) is 0 Å². The van der Waals surface area contributed by atoms with Crippen molar-refractivity contribution in [2.75, 3.05) is 11.9 Å². The summed E-state index contributed by atoms with van der Waals surface area (Å²) in [7, 11) is 0. The molecule has 3 N–H and O–H groups in total. The first-order chi connectivity index (χ1) is 8.93. The molecular formula is C12H15BrFN3O2. The highest BCUT2D eigenvalue weighted by Gasteiger charge is 2.15. The molecule has 1 aromatic rings. The van der Waals surface area contributed by atoms with Gasteiger partial charge >= 0.3 is 6.03 Å². The summed E-state index contributed by atoms with van der Waals surface area (Å²) in [6.07, 6.45) is 0. The van der Waals surface area contributed by atoms with Gasteiger partial charge in [0.25, 0.3) is 0 Å². The minimum Gasteiger partial charge on any atom is -0.374 e. The number of rotatable bonds is 4. The monoisotopic (exact) mass is 331 g/mol. The molecule has 0 aliphatic rings. The van der Waals surface area contributed by atoms with E-state index < -0.39 is 23.8 Å². The molecule has 0 radical (unpaired) electrons. The Balaban J connectivity index is 2.58. The molecule has 104 valence electrons. The summed E-state index contributed by atoms with van der Waals surface area (Å²) in [5.41, 5.74) is 0.458. The van der Waals surface area contributed by atoms with Crippen molar-refractivity contribution in [2.45, 2.75) is 19.9 Å². The average Bonchev–Trinajstić information content (AvgIpc) is 2.34. The van der Waals surface area contributed by atoms with E-state index in [1.807, 2.05) is 0 Å². The molecule has 0 aromatic heterocycles. The van der Waals surface area contributed by atoms with Crippen LogP contribution in [0.4, 0.5) is 14.9 Å². The minimum atomic E-state index is -0.664. The number of carbonyl (C=O) groups excluding carboxylic acids is 2. The molecule has 1 unspecified atom stereocenters. The quantitative estimate of drug-likeness (QED) is 0.792. The predicted molar refractivity (Wildman–Crippen MR) is 74.4 cm³/mol. The van der Waals surface area contributed by atoms with E-state index in [1.54, 1.807) is 19.9 Å². The van der Waals surface area contributed by atoms with E-state index in [2.05, 4.69) is 31.9 Å². The Hall–Kier alpha value is -1.63. The number of benzene rings is 1. The van der Waals surface area contributed by atoms with Crippen LogP contribution in [0.15, 0.2) is 22.7 Å². The summed E-state index contributed by atoms with van der Waals surface area (Å²) in [5, 5.41) is 7.42. The van der Waals surface area contributed by atoms with E-state index >= 15 is 0 Å². The Morgan fingerprint density at radius 2 is 2.11 bits per heavy atom. The van der Waals surface area contributed by atoms with Crippen molar-refractivity contribution in [2.24, 2.45) is 0 Å². The third-order valence-electron chi connectivity index (χ3n) is 2.27. The van der Waals surface area contributed by atoms with E-state index in [-0.39, 0.29) is 0 Å². The van der Waals surface area contributed by atoms with Crippen LogP contribution in [0.5, 0.6) is 0 Å². The molecular weight excluding hydrogens is 317 g/mol. The van der Waals surface area contributed by atoms with E-state index in [9.17, 15) is 14.0 Å². The van der Waals surface area contributed by atoms with Gasteiger partial charge in [-0.3, -0.25) is 10.1 Å². The standard InChI is InChI=1S/C12H15BrFN3O2/c1-3-15-12(19)17-11(18)7(2)16-8-4-5-9(13)10(14)6-8/h4-7,16H,3H2,1-2H3,(H2,15,17,18,19). The van der Waals surface area contributed by atoms with E-state index in [1.165, 1.54) is 12.1 Å². The number of urea groups is 1. The second-order valence-electron chi connectivity index (χ2n) is 3.84. The molecule has 0 aliphatic carbocycles. The van der Waals surface area contributed by atoms with Gasteiger partial charge in [0.1, 0.15) is 11.9 Å². The minimum absolute atomic E-state index is 0.345. The predicted octanol–water partition coefficient (Wildman–Crippen LogP) is 2.23. The van der Waals surface area contributed by atoms with Gasteiger partial charge in [0.2, 0.25) is 5.91 Å². The van der Waals surface area contributed by atoms with Crippen LogP contribution in [0, 0.1) is 5.82 Å². The van der Waals surface area contributed by atoms with Crippen LogP contribution in [0.3, 0.4) is 0 Å². The van der Waals surface area contributed by atoms with Crippen molar-refractivity contribution in [3.63, 3.8) is 0 Å². The summed E-state index contributed by atoms with van der Waals surface area (Å²) in [4.78, 5) is 22.8. The fraction of sp³-hybridized carbons (Fsp3) is 0.333. The highest BCUT2D eigenvalue weighted by atomic mass is 79.9. The molecule has 0 aliphatic heterocycles. The Bertz CT molecular complexity index is 482. The van der Waals surface area contributed by atoms with Gasteiger partial charge in [-0.2, -0.15) is 0 Å². The molecule has 5 nitrogen and oxygen atoms in total. The van der Waals surface area contributed by atoms with Gasteiger partial charge < -0.3 is 10.6 Å². The lowest BCUT2D eigenvalue weighted by Crippen LogP contribution is -2.45. The maximum Gasteiger partial charge on any atom is 0.321 e. The van der Waals surface area contributed by atoms with Gasteiger partial charge in [0.05, 0.1) is 4.47 Å². The highest BCUT2D eigenvalue weighted by Crippen LogP contribution is 2.19. The first-order valence-electron chi connectivity index (χ1n) is 5.74. The Labute approximate surface area is 119 Å². The maximum atomic E-state index is 13.3. The summed E-state index contributed by atoms with van der Waals surface area (Å²) in [5.74, 6) is -0.921. The molecule has 0 spiro atoms. The number of anilines is 1. The maximum absolute atomic E-state index is 13.3. The summed E-state index contributed by atoms with van der Waals surface area (Å²) >= 11 is 3.04. The van der Waals surface area contributed by atoms with Gasteiger partial charge in [-0.1, -0.05) is 0 Å². The molecule has 1 aromatic carbocycles. The molecule has 0 heterocycles. The first kappa shape index (κ1) is 15.4. The van der Waals surface area contributed by atoms with E-state index in [0.717, 1.165) is 0 Å². The third-order valence-corrected chi connectivity index (χ3v) is 2.91. The normalized spacial score (nSPS) is 11.6. The highest BCUT2D eigenvalue weighted by molar-refractivity contribution is 9.10. The lowest BCUT2D eigenvalue weighted by atomic mass is 10.2. The van der Waals surface area contributed by atoms with Crippen molar-refractivity contribution >= 4 is 33.6 Å². The first-order valence-corrected chi connectivity index (χ1v) is 6.53. The van der Waals surface area contributed by atoms with Crippen LogP contribution >= 0.6 is 15.9 Å². The van der Waals surface area contributed by atoms with Gasteiger partial charge in [-0.05, 0) is 48.0 Å². The SMILES string of the molecule is CCNC(=O)NC(=O)C(C)Nc1ccc(Br)c(F)c1. The second kappa shape index (κ2) is 7.08. The van der Waals surface area contributed by atoms with Gasteiger partial charge in [-0.15, -0.1) is 0 Å². The van der Waals surface area contributed by atoms with E-state index in [0.29, 0.717) is 16.7 Å². The Morgan fingerprint density at radius 1 is 1.42 bits per heavy atom. The summed E-state index contributed by atoms with van der Waals surface area (Å²) in [6.45, 7) is 3.75. The topological polar surface area (TPSA) is 70.2 Å². The van der Waals surface area contributed by atoms with Crippen LogP contribution in [-0.2, 0) is 4.79 Å². The van der Waals surface area contributed by atoms with Crippen LogP contribution in [0.25, 0.3) is 0 Å². The molecule has 19 heavy (non-hydrogen) atoms. The van der Waals surface area contributed by atoms with Crippen molar-refractivity contribution in [3.8, 4) is 0 Å². The fourth-order valence-electron chi connectivity index (χ4n) is 1.33. The summed E-state index contributed by atoms with van der Waals surface area (Å²) < 4.78 is 13.6. The zero-order valence-corrected chi connectivity index (χ0v) is 12.2. The van der Waals surface area contributed by atoms with Gasteiger partial charge in [-0.25, -0.2) is 9.18 Å². The zero-order valence-electron chi connectivity index (χ0n) is 10.6. The number of imide groups is 1. The van der Waals surface area contributed by atoms with Crippen LogP contribution in [0.1, 0.15) is 13.8 Å². The van der Waals surface area contributed by atoms with Gasteiger partial charge in [0.15, 0.2) is 0 Å². The number of amides is 3. The zero-order chi connectivity index (χ0) is 14.4. The second-order valence-corrected chi connectivity index (χ2v) is 4.70. The number of nitrogens with one attached hydrogen (secondary N) is 3. The van der Waals surface area contributed by atoms with Crippen molar-refractivity contribution in [1.82, 2.24) is 10.6 Å². The Morgan fingerprint density at radius 3 is 2.68 bits per heavy atom. The summed E-state index contributed by atoms with van der Waals surface area (Å²) in [6, 6.07) is 3.21. The number of halogens is 2. The molecule has 0 bridgehead atoms. The molecule has 0 fully saturated rings. The third kappa shape index (κ3) is 4.86. The van der Waals surface area contributed by atoms with E-state index in [4.69, 9.17) is 0 Å². The molecule has 0 saturated carbocycles. The van der Waals surface area contributed by atoms with Crippen molar-refractivity contribution in [3.05, 3.63) is 28.5 Å². The van der Waals surface area contributed by atoms with Crippen molar-refractivity contribution < 1.29 is 14.0 Å². The molecule has 1 rings (SSSR count). The van der Waals surface area contributed by atoms with Crippen molar-refractivity contribution in [1.29, 1.82) is 0 Å². The molecule has 1 atom stereocenters. The average molecular weight is 332 g/mol. The van der Waals surface area contributed by atoms with Crippen LogP contribution < -0.4 is 16.0 Å². The molecule has 0 saturated heterocycles. The fourth-order valence-corrected chi connectivity index (χ4v) is 1.57. The number of carbonyl (C=O) groups is 2. The molecule has 3 amide bonds. The van der Waals surface area contributed by atoms with Crippen LogP contribution in [-0.4, -0.2) is 24.5 Å².